The van der Waals surface area contributed by atoms with Crippen molar-refractivity contribution in [3.63, 3.8) is 0 Å². The predicted molar refractivity (Wildman–Crippen MR) is 60.9 cm³/mol. The average Bonchev–Trinajstić information content (AvgIpc) is 3.11. The number of hydrogen-bond donors (Lipinski definition) is 3. The van der Waals surface area contributed by atoms with Gasteiger partial charge in [-0.1, -0.05) is 6.07 Å². The number of rotatable bonds is 5. The Bertz CT molecular complexity index is 443. The summed E-state index contributed by atoms with van der Waals surface area (Å²) in [6, 6.07) is 4.93. The molecule has 0 saturated heterocycles. The molecule has 0 atom stereocenters. The molecule has 6 heteroatoms. The largest absolute Gasteiger partial charge is 0.477 e. The molecule has 1 saturated carbocycles. The molecule has 1 heterocycles. The highest BCUT2D eigenvalue weighted by atomic mass is 16.4. The molecule has 0 aromatic carbocycles. The third-order valence-electron chi connectivity index (χ3n) is 2.34. The van der Waals surface area contributed by atoms with Crippen LogP contribution in [0, 0.1) is 0 Å². The van der Waals surface area contributed by atoms with Crippen molar-refractivity contribution < 1.29 is 14.7 Å². The van der Waals surface area contributed by atoms with Gasteiger partial charge in [0.05, 0.1) is 6.54 Å². The van der Waals surface area contributed by atoms with Crippen molar-refractivity contribution in [2.45, 2.75) is 18.9 Å². The number of aromatic nitrogens is 1. The number of carboxylic acid groups (broad SMARTS) is 1. The molecule has 1 aliphatic rings. The molecule has 90 valence electrons. The molecule has 3 N–H and O–H groups in total. The maximum Gasteiger partial charge on any atom is 0.354 e. The lowest BCUT2D eigenvalue weighted by Gasteiger charge is -2.06. The first kappa shape index (κ1) is 11.4. The first-order chi connectivity index (χ1) is 8.15. The van der Waals surface area contributed by atoms with Crippen molar-refractivity contribution >= 4 is 17.7 Å². The van der Waals surface area contributed by atoms with E-state index in [4.69, 9.17) is 5.11 Å². The van der Waals surface area contributed by atoms with Crippen LogP contribution < -0.4 is 10.6 Å². The van der Waals surface area contributed by atoms with Crippen LogP contribution in [0.1, 0.15) is 23.3 Å². The molecular weight excluding hydrogens is 222 g/mol. The summed E-state index contributed by atoms with van der Waals surface area (Å²) in [4.78, 5) is 25.9. The molecule has 17 heavy (non-hydrogen) atoms. The van der Waals surface area contributed by atoms with Crippen LogP contribution in [0.25, 0.3) is 0 Å². The van der Waals surface area contributed by atoms with Gasteiger partial charge >= 0.3 is 5.97 Å². The zero-order valence-electron chi connectivity index (χ0n) is 9.14. The molecule has 1 aliphatic carbocycles. The van der Waals surface area contributed by atoms with Gasteiger partial charge < -0.3 is 15.7 Å². The zero-order chi connectivity index (χ0) is 12.3. The lowest BCUT2D eigenvalue weighted by Crippen LogP contribution is -2.31. The normalized spacial score (nSPS) is 14.1. The topological polar surface area (TPSA) is 91.3 Å². The minimum atomic E-state index is -1.09. The Morgan fingerprint density at radius 2 is 2.18 bits per heavy atom. The molecule has 0 aliphatic heterocycles. The van der Waals surface area contributed by atoms with Gasteiger partial charge in [0.1, 0.15) is 5.82 Å². The van der Waals surface area contributed by atoms with Crippen LogP contribution in [-0.4, -0.2) is 34.6 Å². The molecule has 0 radical (unpaired) electrons. The van der Waals surface area contributed by atoms with E-state index in [0.717, 1.165) is 12.8 Å². The molecule has 6 nitrogen and oxygen atoms in total. The highest BCUT2D eigenvalue weighted by molar-refractivity contribution is 5.86. The number of hydrogen-bond acceptors (Lipinski definition) is 4. The van der Waals surface area contributed by atoms with Gasteiger partial charge in [-0.15, -0.1) is 0 Å². The van der Waals surface area contributed by atoms with E-state index >= 15 is 0 Å². The fraction of sp³-hybridized carbons (Fsp3) is 0.364. The van der Waals surface area contributed by atoms with E-state index in [1.165, 1.54) is 6.07 Å². The first-order valence-electron chi connectivity index (χ1n) is 5.39. The molecule has 1 fully saturated rings. The summed E-state index contributed by atoms with van der Waals surface area (Å²) >= 11 is 0. The summed E-state index contributed by atoms with van der Waals surface area (Å²) in [5.74, 6) is -0.804. The monoisotopic (exact) mass is 235 g/mol. The number of carbonyl (C=O) groups is 2. The van der Waals surface area contributed by atoms with Crippen molar-refractivity contribution in [1.29, 1.82) is 0 Å². The van der Waals surface area contributed by atoms with Crippen LogP contribution in [0.3, 0.4) is 0 Å². The van der Waals surface area contributed by atoms with E-state index in [1.54, 1.807) is 12.1 Å². The van der Waals surface area contributed by atoms with E-state index in [1.807, 2.05) is 0 Å². The van der Waals surface area contributed by atoms with Gasteiger partial charge in [-0.25, -0.2) is 9.78 Å². The Labute approximate surface area is 98.1 Å². The van der Waals surface area contributed by atoms with Gasteiger partial charge in [0, 0.05) is 6.04 Å². The number of carboxylic acids is 1. The SMILES string of the molecule is O=C(CNc1cccc(C(=O)O)n1)NC1CC1. The Kier molecular flexibility index (Phi) is 3.22. The van der Waals surface area contributed by atoms with E-state index < -0.39 is 5.97 Å². The van der Waals surface area contributed by atoms with Crippen LogP contribution in [0.4, 0.5) is 5.82 Å². The van der Waals surface area contributed by atoms with Gasteiger partial charge in [0.15, 0.2) is 5.69 Å². The summed E-state index contributed by atoms with van der Waals surface area (Å²) in [5.41, 5.74) is -0.0439. The van der Waals surface area contributed by atoms with Crippen molar-refractivity contribution in [3.8, 4) is 0 Å². The molecule has 0 bridgehead atoms. The van der Waals surface area contributed by atoms with Gasteiger partial charge in [-0.2, -0.15) is 0 Å². The summed E-state index contributed by atoms with van der Waals surface area (Å²) < 4.78 is 0. The number of amides is 1. The Balaban J connectivity index is 1.87. The highest BCUT2D eigenvalue weighted by Gasteiger charge is 2.22. The minimum Gasteiger partial charge on any atom is -0.477 e. The fourth-order valence-electron chi connectivity index (χ4n) is 1.33. The van der Waals surface area contributed by atoms with Crippen LogP contribution in [0.15, 0.2) is 18.2 Å². The maximum atomic E-state index is 11.4. The number of nitrogens with one attached hydrogen (secondary N) is 2. The molecule has 0 spiro atoms. The Morgan fingerprint density at radius 3 is 2.82 bits per heavy atom. The second-order valence-corrected chi connectivity index (χ2v) is 3.91. The number of aromatic carboxylic acids is 1. The zero-order valence-corrected chi connectivity index (χ0v) is 9.14. The van der Waals surface area contributed by atoms with Crippen molar-refractivity contribution in [3.05, 3.63) is 23.9 Å². The molecule has 2 rings (SSSR count). The lowest BCUT2D eigenvalue weighted by molar-refractivity contribution is -0.119. The molecule has 1 amide bonds. The number of pyridine rings is 1. The lowest BCUT2D eigenvalue weighted by atomic mass is 10.3. The van der Waals surface area contributed by atoms with Crippen molar-refractivity contribution in [1.82, 2.24) is 10.3 Å². The quantitative estimate of drug-likeness (QED) is 0.690. The van der Waals surface area contributed by atoms with Crippen LogP contribution in [-0.2, 0) is 4.79 Å². The maximum absolute atomic E-state index is 11.4. The minimum absolute atomic E-state index is 0.0439. The van der Waals surface area contributed by atoms with E-state index in [9.17, 15) is 9.59 Å². The summed E-state index contributed by atoms with van der Waals surface area (Å²) in [7, 11) is 0. The average molecular weight is 235 g/mol. The van der Waals surface area contributed by atoms with Crippen molar-refractivity contribution in [2.24, 2.45) is 0 Å². The Morgan fingerprint density at radius 1 is 1.41 bits per heavy atom. The van der Waals surface area contributed by atoms with Gasteiger partial charge in [0.2, 0.25) is 5.91 Å². The van der Waals surface area contributed by atoms with Gasteiger partial charge in [0.25, 0.3) is 0 Å². The standard InChI is InChI=1S/C11H13N3O3/c15-10(13-7-4-5-7)6-12-9-3-1-2-8(14-9)11(16)17/h1-3,7H,4-6H2,(H,12,14)(H,13,15)(H,16,17). The number of carbonyl (C=O) groups excluding carboxylic acids is 1. The second kappa shape index (κ2) is 4.82. The van der Waals surface area contributed by atoms with E-state index in [0.29, 0.717) is 11.9 Å². The number of anilines is 1. The third kappa shape index (κ3) is 3.44. The number of nitrogens with zero attached hydrogens (tertiary/aromatic N) is 1. The summed E-state index contributed by atoms with van der Waals surface area (Å²) in [5, 5.41) is 14.3. The van der Waals surface area contributed by atoms with E-state index in [-0.39, 0.29) is 18.1 Å². The van der Waals surface area contributed by atoms with Crippen LogP contribution in [0.5, 0.6) is 0 Å². The van der Waals surface area contributed by atoms with Gasteiger partial charge in [-0.3, -0.25) is 4.79 Å². The summed E-state index contributed by atoms with van der Waals surface area (Å²) in [6.07, 6.45) is 2.08. The summed E-state index contributed by atoms with van der Waals surface area (Å²) in [6.45, 7) is 0.104. The fourth-order valence-corrected chi connectivity index (χ4v) is 1.33. The highest BCUT2D eigenvalue weighted by Crippen LogP contribution is 2.18. The van der Waals surface area contributed by atoms with Crippen LogP contribution in [0.2, 0.25) is 0 Å². The van der Waals surface area contributed by atoms with Crippen molar-refractivity contribution in [2.75, 3.05) is 11.9 Å². The van der Waals surface area contributed by atoms with Crippen LogP contribution >= 0.6 is 0 Å². The second-order valence-electron chi connectivity index (χ2n) is 3.91. The molecule has 1 aromatic rings. The van der Waals surface area contributed by atoms with Gasteiger partial charge in [-0.05, 0) is 25.0 Å². The molecule has 0 unspecified atom stereocenters. The smallest absolute Gasteiger partial charge is 0.354 e. The Hall–Kier alpha value is -2.11. The molecular formula is C11H13N3O3. The van der Waals surface area contributed by atoms with E-state index in [2.05, 4.69) is 15.6 Å². The first-order valence-corrected chi connectivity index (χ1v) is 5.39. The third-order valence-corrected chi connectivity index (χ3v) is 2.34. The molecule has 1 aromatic heterocycles. The predicted octanol–water partition coefficient (Wildman–Crippen LogP) is 0.470.